The van der Waals surface area contributed by atoms with Crippen LogP contribution in [0.15, 0.2) is 48.7 Å². The van der Waals surface area contributed by atoms with Gasteiger partial charge in [-0.3, -0.25) is 0 Å². The Kier molecular flexibility index (Phi) is 4.76. The lowest BCUT2D eigenvalue weighted by Gasteiger charge is -2.13. The van der Waals surface area contributed by atoms with Crippen LogP contribution in [0.5, 0.6) is 5.75 Å². The van der Waals surface area contributed by atoms with Gasteiger partial charge in [0, 0.05) is 17.7 Å². The van der Waals surface area contributed by atoms with Crippen molar-refractivity contribution in [3.63, 3.8) is 0 Å². The molecule has 5 rings (SSSR count). The van der Waals surface area contributed by atoms with E-state index in [0.29, 0.717) is 16.8 Å². The molecule has 1 aromatic heterocycles. The molecule has 2 aliphatic rings. The summed E-state index contributed by atoms with van der Waals surface area (Å²) in [5, 5.41) is 4.63. The molecular formula is C23H18F6N2O. The van der Waals surface area contributed by atoms with Crippen LogP contribution >= 0.6 is 0 Å². The van der Waals surface area contributed by atoms with Gasteiger partial charge in [0.2, 0.25) is 0 Å². The molecule has 0 unspecified atom stereocenters. The van der Waals surface area contributed by atoms with Crippen LogP contribution in [-0.4, -0.2) is 16.1 Å². The second-order valence-electron chi connectivity index (χ2n) is 8.26. The average molecular weight is 452 g/mol. The zero-order valence-corrected chi connectivity index (χ0v) is 16.7. The first-order valence-corrected chi connectivity index (χ1v) is 10.3. The zero-order chi connectivity index (χ0) is 22.7. The fourth-order valence-electron chi connectivity index (χ4n) is 3.89. The van der Waals surface area contributed by atoms with Gasteiger partial charge in [-0.05, 0) is 67.0 Å². The van der Waals surface area contributed by atoms with Crippen LogP contribution in [-0.2, 0) is 6.18 Å². The molecule has 0 aliphatic heterocycles. The number of nitrogens with zero attached hydrogens (tertiary/aromatic N) is 2. The Hall–Kier alpha value is -2.97. The first-order valence-electron chi connectivity index (χ1n) is 10.3. The molecular weight excluding hydrogens is 434 g/mol. The fraction of sp³-hybridized carbons (Fsp3) is 0.348. The number of hydrogen-bond donors (Lipinski definition) is 0. The number of hydrogen-bond acceptors (Lipinski definition) is 2. The summed E-state index contributed by atoms with van der Waals surface area (Å²) >= 11 is 0. The van der Waals surface area contributed by atoms with Crippen LogP contribution in [0.1, 0.15) is 54.3 Å². The van der Waals surface area contributed by atoms with E-state index in [1.807, 2.05) is 0 Å². The standard InChI is InChI=1S/C23H18F6N2O/c24-22(25,26)16-7-10-18(13-1-2-13)20(11-16)31-12-19(21(30-31)15-3-4-15)14-5-8-17(9-6-14)32-23(27,28)29/h5-13,15H,1-4H2. The first-order chi connectivity index (χ1) is 15.1. The van der Waals surface area contributed by atoms with Crippen molar-refractivity contribution >= 4 is 0 Å². The minimum absolute atomic E-state index is 0.188. The Morgan fingerprint density at radius 3 is 2.06 bits per heavy atom. The summed E-state index contributed by atoms with van der Waals surface area (Å²) in [6.45, 7) is 0. The SMILES string of the molecule is FC(F)(F)Oc1ccc(-c2cn(-c3cc(C(F)(F)F)ccc3C3CC3)nc2C2CC2)cc1. The molecule has 32 heavy (non-hydrogen) atoms. The molecule has 0 atom stereocenters. The normalized spacial score (nSPS) is 16.9. The number of halogens is 6. The topological polar surface area (TPSA) is 27.1 Å². The molecule has 0 spiro atoms. The van der Waals surface area contributed by atoms with Gasteiger partial charge < -0.3 is 4.74 Å². The predicted octanol–water partition coefficient (Wildman–Crippen LogP) is 7.21. The van der Waals surface area contributed by atoms with Gasteiger partial charge >= 0.3 is 12.5 Å². The third-order valence-electron chi connectivity index (χ3n) is 5.73. The van der Waals surface area contributed by atoms with Crippen molar-refractivity contribution < 1.29 is 31.1 Å². The van der Waals surface area contributed by atoms with Gasteiger partial charge in [-0.1, -0.05) is 18.2 Å². The van der Waals surface area contributed by atoms with Crippen molar-refractivity contribution in [2.24, 2.45) is 0 Å². The van der Waals surface area contributed by atoms with E-state index in [1.165, 1.54) is 35.0 Å². The lowest BCUT2D eigenvalue weighted by molar-refractivity contribution is -0.274. The van der Waals surface area contributed by atoms with Crippen LogP contribution in [0.25, 0.3) is 16.8 Å². The van der Waals surface area contributed by atoms with Gasteiger partial charge in [-0.15, -0.1) is 13.2 Å². The Bertz CT molecular complexity index is 1140. The summed E-state index contributed by atoms with van der Waals surface area (Å²) in [6.07, 6.45) is -3.91. The van der Waals surface area contributed by atoms with E-state index in [1.54, 1.807) is 6.20 Å². The maximum absolute atomic E-state index is 13.4. The van der Waals surface area contributed by atoms with E-state index >= 15 is 0 Å². The molecule has 0 saturated heterocycles. The minimum Gasteiger partial charge on any atom is -0.406 e. The predicted molar refractivity (Wildman–Crippen MR) is 105 cm³/mol. The van der Waals surface area contributed by atoms with Gasteiger partial charge in [-0.25, -0.2) is 4.68 Å². The second kappa shape index (κ2) is 7.28. The molecule has 3 nitrogen and oxygen atoms in total. The van der Waals surface area contributed by atoms with Crippen LogP contribution in [0.2, 0.25) is 0 Å². The van der Waals surface area contributed by atoms with Crippen molar-refractivity contribution in [1.82, 2.24) is 9.78 Å². The van der Waals surface area contributed by atoms with E-state index in [-0.39, 0.29) is 17.6 Å². The molecule has 3 aromatic rings. The number of aromatic nitrogens is 2. The maximum atomic E-state index is 13.4. The summed E-state index contributed by atoms with van der Waals surface area (Å²) in [5.41, 5.74) is 2.55. The van der Waals surface area contributed by atoms with Crippen molar-refractivity contribution in [3.05, 3.63) is 65.5 Å². The summed E-state index contributed by atoms with van der Waals surface area (Å²) < 4.78 is 82.8. The molecule has 0 radical (unpaired) electrons. The van der Waals surface area contributed by atoms with Crippen LogP contribution in [0, 0.1) is 0 Å². The van der Waals surface area contributed by atoms with Crippen molar-refractivity contribution in [2.45, 2.75) is 50.1 Å². The third-order valence-corrected chi connectivity index (χ3v) is 5.73. The lowest BCUT2D eigenvalue weighted by Crippen LogP contribution is -2.16. The molecule has 2 fully saturated rings. The lowest BCUT2D eigenvalue weighted by atomic mass is 10.0. The Morgan fingerprint density at radius 1 is 0.844 bits per heavy atom. The molecule has 168 valence electrons. The van der Waals surface area contributed by atoms with Crippen LogP contribution in [0.3, 0.4) is 0 Å². The Labute approximate surface area is 179 Å². The van der Waals surface area contributed by atoms with E-state index in [0.717, 1.165) is 49.1 Å². The van der Waals surface area contributed by atoms with Gasteiger partial charge in [-0.2, -0.15) is 18.3 Å². The molecule has 1 heterocycles. The second-order valence-corrected chi connectivity index (χ2v) is 8.26. The van der Waals surface area contributed by atoms with Gasteiger partial charge in [0.15, 0.2) is 0 Å². The van der Waals surface area contributed by atoms with Crippen molar-refractivity contribution in [3.8, 4) is 22.6 Å². The average Bonchev–Trinajstić information content (AvgIpc) is 3.64. The van der Waals surface area contributed by atoms with E-state index in [2.05, 4.69) is 9.84 Å². The van der Waals surface area contributed by atoms with Crippen LogP contribution in [0.4, 0.5) is 26.3 Å². The number of ether oxygens (including phenoxy) is 1. The molecule has 9 heteroatoms. The summed E-state index contributed by atoms with van der Waals surface area (Å²) in [7, 11) is 0. The smallest absolute Gasteiger partial charge is 0.406 e. The summed E-state index contributed by atoms with van der Waals surface area (Å²) in [4.78, 5) is 0. The first kappa shape index (κ1) is 20.9. The van der Waals surface area contributed by atoms with E-state index < -0.39 is 18.1 Å². The minimum atomic E-state index is -4.78. The molecule has 2 saturated carbocycles. The third kappa shape index (κ3) is 4.33. The number of alkyl halides is 6. The highest BCUT2D eigenvalue weighted by Crippen LogP contribution is 2.47. The van der Waals surface area contributed by atoms with E-state index in [9.17, 15) is 26.3 Å². The summed E-state index contributed by atoms with van der Waals surface area (Å²) in [6, 6.07) is 9.19. The maximum Gasteiger partial charge on any atom is 0.573 e. The molecule has 2 aliphatic carbocycles. The van der Waals surface area contributed by atoms with Gasteiger partial charge in [0.1, 0.15) is 5.75 Å². The molecule has 2 aromatic carbocycles. The van der Waals surface area contributed by atoms with E-state index in [4.69, 9.17) is 0 Å². The van der Waals surface area contributed by atoms with Crippen LogP contribution < -0.4 is 4.74 Å². The zero-order valence-electron chi connectivity index (χ0n) is 16.7. The number of benzene rings is 2. The monoisotopic (exact) mass is 452 g/mol. The van der Waals surface area contributed by atoms with Gasteiger partial charge in [0.05, 0.1) is 16.9 Å². The largest absolute Gasteiger partial charge is 0.573 e. The quantitative estimate of drug-likeness (QED) is 0.383. The Morgan fingerprint density at radius 2 is 1.50 bits per heavy atom. The highest BCUT2D eigenvalue weighted by atomic mass is 19.4. The molecule has 0 bridgehead atoms. The number of rotatable bonds is 5. The fourth-order valence-corrected chi connectivity index (χ4v) is 3.89. The molecule has 0 N–H and O–H groups in total. The highest BCUT2D eigenvalue weighted by molar-refractivity contribution is 5.68. The Balaban J connectivity index is 1.56. The highest BCUT2D eigenvalue weighted by Gasteiger charge is 2.35. The summed E-state index contributed by atoms with van der Waals surface area (Å²) in [5.74, 6) is 0.0612. The molecule has 0 amide bonds. The van der Waals surface area contributed by atoms with Crippen molar-refractivity contribution in [2.75, 3.05) is 0 Å². The van der Waals surface area contributed by atoms with Crippen molar-refractivity contribution in [1.29, 1.82) is 0 Å². The van der Waals surface area contributed by atoms with Gasteiger partial charge in [0.25, 0.3) is 0 Å².